The van der Waals surface area contributed by atoms with Gasteiger partial charge in [-0.05, 0) is 56.2 Å². The summed E-state index contributed by atoms with van der Waals surface area (Å²) in [5, 5.41) is 7.53. The van der Waals surface area contributed by atoms with Crippen LogP contribution in [0.15, 0.2) is 42.7 Å². The van der Waals surface area contributed by atoms with Crippen molar-refractivity contribution in [3.8, 4) is 5.69 Å². The van der Waals surface area contributed by atoms with Crippen LogP contribution in [0.2, 0.25) is 0 Å². The van der Waals surface area contributed by atoms with E-state index in [1.54, 1.807) is 6.20 Å². The van der Waals surface area contributed by atoms with E-state index in [-0.39, 0.29) is 12.4 Å². The van der Waals surface area contributed by atoms with Crippen LogP contribution in [-0.2, 0) is 6.54 Å². The molecule has 1 N–H and O–H groups in total. The van der Waals surface area contributed by atoms with E-state index in [2.05, 4.69) is 39.6 Å². The largest absolute Gasteiger partial charge is 0.319 e. The number of benzene rings is 1. The third kappa shape index (κ3) is 4.06. The van der Waals surface area contributed by atoms with Crippen LogP contribution in [-0.4, -0.2) is 41.4 Å². The van der Waals surface area contributed by atoms with Gasteiger partial charge < -0.3 is 5.32 Å². The zero-order valence-corrected chi connectivity index (χ0v) is 13.2. The van der Waals surface area contributed by atoms with E-state index in [0.717, 1.165) is 24.7 Å². The Kier molecular flexibility index (Phi) is 5.79. The van der Waals surface area contributed by atoms with Crippen molar-refractivity contribution in [3.63, 3.8) is 0 Å². The van der Waals surface area contributed by atoms with Crippen LogP contribution in [0.3, 0.4) is 0 Å². The number of aromatic nitrogens is 2. The van der Waals surface area contributed by atoms with Gasteiger partial charge >= 0.3 is 0 Å². The summed E-state index contributed by atoms with van der Waals surface area (Å²) in [5.41, 5.74) is 2.50. The predicted molar refractivity (Wildman–Crippen MR) is 88.1 cm³/mol. The summed E-state index contributed by atoms with van der Waals surface area (Å²) in [6.45, 7) is 4.61. The smallest absolute Gasteiger partial charge is 0.0645 e. The number of nitrogens with zero attached hydrogens (tertiary/aromatic N) is 3. The fourth-order valence-electron chi connectivity index (χ4n) is 2.95. The topological polar surface area (TPSA) is 33.1 Å². The van der Waals surface area contributed by atoms with Crippen LogP contribution in [0.4, 0.5) is 0 Å². The Hall–Kier alpha value is -1.36. The van der Waals surface area contributed by atoms with Crippen molar-refractivity contribution >= 4 is 12.4 Å². The highest BCUT2D eigenvalue weighted by Crippen LogP contribution is 2.18. The van der Waals surface area contributed by atoms with Gasteiger partial charge in [0.1, 0.15) is 0 Å². The molecule has 3 rings (SSSR count). The summed E-state index contributed by atoms with van der Waals surface area (Å²) in [7, 11) is 2.04. The third-order valence-electron chi connectivity index (χ3n) is 3.97. The highest BCUT2D eigenvalue weighted by Gasteiger charge is 2.21. The van der Waals surface area contributed by atoms with Crippen molar-refractivity contribution in [1.29, 1.82) is 0 Å². The minimum absolute atomic E-state index is 0. The maximum absolute atomic E-state index is 4.25. The number of halogens is 1. The molecule has 114 valence electrons. The quantitative estimate of drug-likeness (QED) is 0.920. The number of rotatable bonds is 5. The van der Waals surface area contributed by atoms with Crippen molar-refractivity contribution in [2.45, 2.75) is 13.0 Å². The monoisotopic (exact) mass is 306 g/mol. The van der Waals surface area contributed by atoms with Crippen LogP contribution in [0.5, 0.6) is 0 Å². The first-order valence-electron chi connectivity index (χ1n) is 7.31. The minimum Gasteiger partial charge on any atom is -0.319 e. The van der Waals surface area contributed by atoms with Gasteiger partial charge in [0.25, 0.3) is 0 Å². The molecule has 0 amide bonds. The van der Waals surface area contributed by atoms with Gasteiger partial charge in [0, 0.05) is 25.5 Å². The van der Waals surface area contributed by atoms with Gasteiger partial charge in [0.2, 0.25) is 0 Å². The van der Waals surface area contributed by atoms with Crippen LogP contribution in [0, 0.1) is 5.92 Å². The van der Waals surface area contributed by atoms with Gasteiger partial charge in [-0.25, -0.2) is 4.68 Å². The molecule has 2 aromatic rings. The molecule has 2 heterocycles. The first-order chi connectivity index (χ1) is 9.85. The fraction of sp³-hybridized carbons (Fsp3) is 0.438. The van der Waals surface area contributed by atoms with Gasteiger partial charge in [0.15, 0.2) is 0 Å². The predicted octanol–water partition coefficient (Wildman–Crippen LogP) is 2.34. The molecule has 1 fully saturated rings. The number of likely N-dealkylation sites (tertiary alicyclic amines) is 1. The van der Waals surface area contributed by atoms with Crippen molar-refractivity contribution in [2.24, 2.45) is 5.92 Å². The Labute approximate surface area is 132 Å². The van der Waals surface area contributed by atoms with Gasteiger partial charge in [-0.3, -0.25) is 4.90 Å². The lowest BCUT2D eigenvalue weighted by Crippen LogP contribution is -2.24. The molecular weight excluding hydrogens is 284 g/mol. The number of hydrogen-bond acceptors (Lipinski definition) is 3. The normalized spacial score (nSPS) is 18.6. The number of hydrogen-bond donors (Lipinski definition) is 1. The molecule has 4 nitrogen and oxygen atoms in total. The van der Waals surface area contributed by atoms with E-state index in [4.69, 9.17) is 0 Å². The van der Waals surface area contributed by atoms with E-state index in [0.29, 0.717) is 0 Å². The molecule has 5 heteroatoms. The molecule has 1 aliphatic rings. The Bertz CT molecular complexity index is 524. The van der Waals surface area contributed by atoms with Crippen molar-refractivity contribution in [2.75, 3.05) is 26.7 Å². The standard InChI is InChI=1S/C16H22N4.ClH/c1-17-11-15-7-10-19(13-15)12-14-3-5-16(6-4-14)20-9-2-8-18-20;/h2-6,8-9,15,17H,7,10-13H2,1H3;1H. The zero-order valence-electron chi connectivity index (χ0n) is 12.4. The SMILES string of the molecule is CNCC1CCN(Cc2ccc(-n3cccn3)cc2)C1.Cl. The highest BCUT2D eigenvalue weighted by atomic mass is 35.5. The van der Waals surface area contributed by atoms with Gasteiger partial charge in [-0.15, -0.1) is 12.4 Å². The molecule has 0 bridgehead atoms. The molecule has 0 saturated carbocycles. The first kappa shape index (κ1) is 16.0. The van der Waals surface area contributed by atoms with Gasteiger partial charge in [-0.1, -0.05) is 12.1 Å². The molecule has 1 aromatic heterocycles. The van der Waals surface area contributed by atoms with Crippen LogP contribution < -0.4 is 5.32 Å². The third-order valence-corrected chi connectivity index (χ3v) is 3.97. The van der Waals surface area contributed by atoms with Crippen molar-refractivity contribution in [1.82, 2.24) is 20.0 Å². The highest BCUT2D eigenvalue weighted by molar-refractivity contribution is 5.85. The average Bonchev–Trinajstić information content (AvgIpc) is 3.12. The van der Waals surface area contributed by atoms with Crippen molar-refractivity contribution in [3.05, 3.63) is 48.3 Å². The molecule has 1 unspecified atom stereocenters. The molecule has 1 atom stereocenters. The molecule has 1 saturated heterocycles. The average molecular weight is 307 g/mol. The summed E-state index contributed by atoms with van der Waals surface area (Å²) in [6, 6.07) is 10.7. The summed E-state index contributed by atoms with van der Waals surface area (Å²) >= 11 is 0. The Morgan fingerprint density at radius 1 is 1.29 bits per heavy atom. The van der Waals surface area contributed by atoms with Crippen LogP contribution in [0.1, 0.15) is 12.0 Å². The van der Waals surface area contributed by atoms with E-state index < -0.39 is 0 Å². The van der Waals surface area contributed by atoms with Crippen LogP contribution >= 0.6 is 12.4 Å². The van der Waals surface area contributed by atoms with E-state index in [1.807, 2.05) is 24.0 Å². The second-order valence-electron chi connectivity index (χ2n) is 5.56. The molecule has 0 radical (unpaired) electrons. The maximum atomic E-state index is 4.25. The second kappa shape index (κ2) is 7.59. The lowest BCUT2D eigenvalue weighted by Gasteiger charge is -2.16. The van der Waals surface area contributed by atoms with Crippen molar-refractivity contribution < 1.29 is 0 Å². The number of nitrogens with one attached hydrogen (secondary N) is 1. The van der Waals surface area contributed by atoms with E-state index in [9.17, 15) is 0 Å². The lowest BCUT2D eigenvalue weighted by atomic mass is 10.1. The fourth-order valence-corrected chi connectivity index (χ4v) is 2.95. The van der Waals surface area contributed by atoms with Crippen LogP contribution in [0.25, 0.3) is 5.69 Å². The molecule has 1 aromatic carbocycles. The summed E-state index contributed by atoms with van der Waals surface area (Å²) < 4.78 is 1.89. The van der Waals surface area contributed by atoms with Gasteiger partial charge in [0.05, 0.1) is 5.69 Å². The van der Waals surface area contributed by atoms with Gasteiger partial charge in [-0.2, -0.15) is 5.10 Å². The molecule has 1 aliphatic heterocycles. The molecule has 0 aliphatic carbocycles. The molecule has 0 spiro atoms. The summed E-state index contributed by atoms with van der Waals surface area (Å²) in [6.07, 6.45) is 5.09. The molecular formula is C16H23ClN4. The molecule has 21 heavy (non-hydrogen) atoms. The van der Waals surface area contributed by atoms with E-state index in [1.165, 1.54) is 25.1 Å². The minimum atomic E-state index is 0. The lowest BCUT2D eigenvalue weighted by molar-refractivity contribution is 0.315. The Balaban J connectivity index is 0.00000161. The maximum Gasteiger partial charge on any atom is 0.0645 e. The zero-order chi connectivity index (χ0) is 13.8. The Morgan fingerprint density at radius 3 is 2.76 bits per heavy atom. The summed E-state index contributed by atoms with van der Waals surface area (Å²) in [4.78, 5) is 2.55. The summed E-state index contributed by atoms with van der Waals surface area (Å²) in [5.74, 6) is 0.809. The second-order valence-corrected chi connectivity index (χ2v) is 5.56. The van der Waals surface area contributed by atoms with E-state index >= 15 is 0 Å². The first-order valence-corrected chi connectivity index (χ1v) is 7.31. The Morgan fingerprint density at radius 2 is 2.10 bits per heavy atom.